The molecule has 9 heavy (non-hydrogen) atoms. The van der Waals surface area contributed by atoms with E-state index in [2.05, 4.69) is 4.99 Å². The van der Waals surface area contributed by atoms with Crippen LogP contribution < -0.4 is 0 Å². The summed E-state index contributed by atoms with van der Waals surface area (Å²) >= 11 is 0. The molecule has 0 saturated carbocycles. The third kappa shape index (κ3) is 1.19. The predicted molar refractivity (Wildman–Crippen MR) is 39.2 cm³/mol. The molecular weight excluding hydrogens is 112 g/mol. The molecule has 0 spiro atoms. The maximum Gasteiger partial charge on any atom is 0.0946 e. The molecular formula is C7H10N2. The fourth-order valence-electron chi connectivity index (χ4n) is 0.742. The van der Waals surface area contributed by atoms with E-state index in [0.717, 1.165) is 0 Å². The highest BCUT2D eigenvalue weighted by molar-refractivity contribution is 5.61. The second-order valence-corrected chi connectivity index (χ2v) is 1.90. The van der Waals surface area contributed by atoms with Gasteiger partial charge in [-0.25, -0.2) is 4.99 Å². The summed E-state index contributed by atoms with van der Waals surface area (Å²) in [5, 5.41) is 0. The average molecular weight is 122 g/mol. The van der Waals surface area contributed by atoms with Gasteiger partial charge in [0, 0.05) is 18.9 Å². The zero-order valence-electron chi connectivity index (χ0n) is 5.70. The quantitative estimate of drug-likeness (QED) is 0.474. The Balaban J connectivity index is 2.78. The van der Waals surface area contributed by atoms with Gasteiger partial charge in [0.15, 0.2) is 0 Å². The van der Waals surface area contributed by atoms with Crippen molar-refractivity contribution in [2.24, 2.45) is 4.99 Å². The summed E-state index contributed by atoms with van der Waals surface area (Å²) < 4.78 is 0. The van der Waals surface area contributed by atoms with Crippen LogP contribution in [0.25, 0.3) is 0 Å². The van der Waals surface area contributed by atoms with Gasteiger partial charge in [-0.1, -0.05) is 6.08 Å². The summed E-state index contributed by atoms with van der Waals surface area (Å²) in [7, 11) is 1.97. The van der Waals surface area contributed by atoms with Crippen molar-refractivity contribution in [2.75, 3.05) is 7.05 Å². The molecule has 0 saturated heterocycles. The van der Waals surface area contributed by atoms with Crippen molar-refractivity contribution in [3.05, 3.63) is 24.0 Å². The van der Waals surface area contributed by atoms with E-state index in [1.54, 1.807) is 12.5 Å². The van der Waals surface area contributed by atoms with Gasteiger partial charge in [-0.05, 0) is 13.0 Å². The van der Waals surface area contributed by atoms with E-state index in [9.17, 15) is 0 Å². The number of hydrogen-bond donors (Lipinski definition) is 0. The van der Waals surface area contributed by atoms with Gasteiger partial charge in [0.2, 0.25) is 0 Å². The molecule has 0 aromatic rings. The Bertz CT molecular complexity index is 177. The molecule has 1 aliphatic rings. The van der Waals surface area contributed by atoms with Crippen LogP contribution in [0.4, 0.5) is 0 Å². The van der Waals surface area contributed by atoms with Crippen molar-refractivity contribution in [3.8, 4) is 0 Å². The second kappa shape index (κ2) is 2.49. The molecule has 48 valence electrons. The summed E-state index contributed by atoms with van der Waals surface area (Å²) in [4.78, 5) is 5.91. The van der Waals surface area contributed by atoms with E-state index in [4.69, 9.17) is 0 Å². The van der Waals surface area contributed by atoms with E-state index in [-0.39, 0.29) is 0 Å². The highest BCUT2D eigenvalue weighted by Gasteiger charge is 1.97. The smallest absolute Gasteiger partial charge is 0.0946 e. The molecule has 0 radical (unpaired) electrons. The van der Waals surface area contributed by atoms with Crippen LogP contribution in [-0.4, -0.2) is 18.3 Å². The molecule has 0 unspecified atom stereocenters. The molecule has 1 heterocycles. The lowest BCUT2D eigenvalue weighted by molar-refractivity contribution is 0.659. The summed E-state index contributed by atoms with van der Waals surface area (Å²) in [6, 6.07) is 0. The van der Waals surface area contributed by atoms with E-state index in [1.165, 1.54) is 5.70 Å². The molecule has 0 atom stereocenters. The van der Waals surface area contributed by atoms with Crippen LogP contribution >= 0.6 is 0 Å². The van der Waals surface area contributed by atoms with Crippen LogP contribution in [0.1, 0.15) is 6.92 Å². The van der Waals surface area contributed by atoms with Crippen LogP contribution in [0.5, 0.6) is 0 Å². The first-order valence-corrected chi connectivity index (χ1v) is 2.93. The first-order chi connectivity index (χ1) is 4.34. The number of likely N-dealkylation sites (N-methyl/N-ethyl adjacent to an activating group) is 1. The van der Waals surface area contributed by atoms with E-state index in [0.29, 0.717) is 0 Å². The third-order valence-electron chi connectivity index (χ3n) is 1.27. The zero-order valence-corrected chi connectivity index (χ0v) is 5.70. The molecule has 0 aliphatic carbocycles. The summed E-state index contributed by atoms with van der Waals surface area (Å²) in [5.74, 6) is 0. The van der Waals surface area contributed by atoms with Gasteiger partial charge in [-0.3, -0.25) is 0 Å². The van der Waals surface area contributed by atoms with Crippen LogP contribution in [-0.2, 0) is 0 Å². The van der Waals surface area contributed by atoms with Gasteiger partial charge in [-0.2, -0.15) is 0 Å². The molecule has 0 N–H and O–H groups in total. The second-order valence-electron chi connectivity index (χ2n) is 1.90. The van der Waals surface area contributed by atoms with Crippen LogP contribution in [0.15, 0.2) is 29.0 Å². The fourth-order valence-corrected chi connectivity index (χ4v) is 0.742. The van der Waals surface area contributed by atoms with Gasteiger partial charge in [0.25, 0.3) is 0 Å². The number of nitrogens with zero attached hydrogens (tertiary/aromatic N) is 2. The van der Waals surface area contributed by atoms with Crippen molar-refractivity contribution >= 4 is 6.34 Å². The Labute approximate surface area is 55.2 Å². The van der Waals surface area contributed by atoms with E-state index < -0.39 is 0 Å². The summed E-state index contributed by atoms with van der Waals surface area (Å²) in [5.41, 5.74) is 1.19. The summed E-state index contributed by atoms with van der Waals surface area (Å²) in [6.45, 7) is 2.01. The zero-order chi connectivity index (χ0) is 6.69. The average Bonchev–Trinajstić information content (AvgIpc) is 1.89. The van der Waals surface area contributed by atoms with Crippen LogP contribution in [0.3, 0.4) is 0 Å². The SMILES string of the molecule is C/C=C1/C=CN=CN1C. The van der Waals surface area contributed by atoms with Gasteiger partial charge in [-0.15, -0.1) is 0 Å². The van der Waals surface area contributed by atoms with Crippen LogP contribution in [0, 0.1) is 0 Å². The molecule has 1 rings (SSSR count). The Kier molecular flexibility index (Phi) is 1.68. The molecule has 0 aromatic heterocycles. The number of allylic oxidation sites excluding steroid dienone is 2. The van der Waals surface area contributed by atoms with Crippen molar-refractivity contribution in [1.82, 2.24) is 4.90 Å². The minimum Gasteiger partial charge on any atom is -0.336 e. The number of hydrogen-bond acceptors (Lipinski definition) is 2. The minimum absolute atomic E-state index is 1.19. The van der Waals surface area contributed by atoms with Gasteiger partial charge < -0.3 is 4.90 Å². The first-order valence-electron chi connectivity index (χ1n) is 2.93. The Morgan fingerprint density at radius 3 is 2.89 bits per heavy atom. The van der Waals surface area contributed by atoms with Gasteiger partial charge in [0.1, 0.15) is 0 Å². The van der Waals surface area contributed by atoms with E-state index >= 15 is 0 Å². The molecule has 2 nitrogen and oxygen atoms in total. The topological polar surface area (TPSA) is 15.6 Å². The number of rotatable bonds is 0. The molecule has 1 aliphatic heterocycles. The molecule has 0 amide bonds. The normalized spacial score (nSPS) is 21.6. The largest absolute Gasteiger partial charge is 0.336 e. The van der Waals surface area contributed by atoms with Crippen molar-refractivity contribution in [2.45, 2.75) is 6.92 Å². The Morgan fingerprint density at radius 1 is 1.67 bits per heavy atom. The predicted octanol–water partition coefficient (Wildman–Crippen LogP) is 1.38. The third-order valence-corrected chi connectivity index (χ3v) is 1.27. The van der Waals surface area contributed by atoms with Crippen molar-refractivity contribution in [1.29, 1.82) is 0 Å². The van der Waals surface area contributed by atoms with Crippen molar-refractivity contribution in [3.63, 3.8) is 0 Å². The standard InChI is InChI=1S/C7H10N2/c1-3-7-4-5-8-6-9(7)2/h3-6H,1-2H3/b7-3-. The lowest BCUT2D eigenvalue weighted by Gasteiger charge is -2.15. The lowest BCUT2D eigenvalue weighted by atomic mass is 10.3. The van der Waals surface area contributed by atoms with Crippen molar-refractivity contribution < 1.29 is 0 Å². The monoisotopic (exact) mass is 122 g/mol. The minimum atomic E-state index is 1.19. The fraction of sp³-hybridized carbons (Fsp3) is 0.286. The van der Waals surface area contributed by atoms with Gasteiger partial charge in [0.05, 0.1) is 6.34 Å². The van der Waals surface area contributed by atoms with Gasteiger partial charge >= 0.3 is 0 Å². The highest BCUT2D eigenvalue weighted by Crippen LogP contribution is 2.04. The number of aliphatic imine (C=N–C) groups is 1. The lowest BCUT2D eigenvalue weighted by Crippen LogP contribution is -2.15. The first kappa shape index (κ1) is 6.08. The van der Waals surface area contributed by atoms with Crippen LogP contribution in [0.2, 0.25) is 0 Å². The Morgan fingerprint density at radius 2 is 2.44 bits per heavy atom. The molecule has 0 aromatic carbocycles. The molecule has 0 fully saturated rings. The maximum atomic E-state index is 3.94. The molecule has 0 bridgehead atoms. The van der Waals surface area contributed by atoms with E-state index in [1.807, 2.05) is 31.0 Å². The maximum absolute atomic E-state index is 3.94. The Hall–Kier alpha value is -1.05. The summed E-state index contributed by atoms with van der Waals surface area (Å²) in [6.07, 6.45) is 7.59. The highest BCUT2D eigenvalue weighted by atomic mass is 15.1. The molecule has 2 heteroatoms.